The van der Waals surface area contributed by atoms with E-state index in [4.69, 9.17) is 0 Å². The van der Waals surface area contributed by atoms with Crippen LogP contribution in [-0.4, -0.2) is 30.3 Å². The number of carbonyl (C=O) groups is 4. The van der Waals surface area contributed by atoms with Gasteiger partial charge in [0.25, 0.3) is 0 Å². The molecule has 0 aliphatic heterocycles. The van der Waals surface area contributed by atoms with Crippen molar-refractivity contribution < 1.29 is 19.2 Å². The maximum absolute atomic E-state index is 9.79. The van der Waals surface area contributed by atoms with Gasteiger partial charge in [-0.3, -0.25) is 14.4 Å². The van der Waals surface area contributed by atoms with Gasteiger partial charge in [-0.25, -0.2) is 0 Å². The number of benzene rings is 3. The third-order valence-corrected chi connectivity index (χ3v) is 3.67. The van der Waals surface area contributed by atoms with Gasteiger partial charge in [-0.2, -0.15) is 0 Å². The third-order valence-electron chi connectivity index (χ3n) is 3.67. The summed E-state index contributed by atoms with van der Waals surface area (Å²) in [6.45, 7) is 13.3. The molecule has 5 nitrogen and oxygen atoms in total. The van der Waals surface area contributed by atoms with Crippen LogP contribution in [0.15, 0.2) is 91.0 Å². The molecule has 0 heterocycles. The van der Waals surface area contributed by atoms with E-state index in [1.165, 1.54) is 51.3 Å². The second-order valence-corrected chi connectivity index (χ2v) is 7.79. The Kier molecular flexibility index (Phi) is 42.2. The van der Waals surface area contributed by atoms with E-state index in [1.807, 2.05) is 54.6 Å². The Balaban J connectivity index is -0.0000000834. The number of hydrogen-bond donors (Lipinski definition) is 1. The van der Waals surface area contributed by atoms with Gasteiger partial charge < -0.3 is 10.1 Å². The monoisotopic (exact) mass is 541 g/mol. The number of aryl methyl sites for hydroxylation is 3. The first-order chi connectivity index (χ1) is 16.8. The predicted octanol–water partition coefficient (Wildman–Crippen LogP) is 8.41. The van der Waals surface area contributed by atoms with Crippen molar-refractivity contribution >= 4 is 23.3 Å². The van der Waals surface area contributed by atoms with Crippen LogP contribution in [0.1, 0.15) is 73.6 Å². The fourth-order valence-corrected chi connectivity index (χ4v) is 1.60. The first-order valence-corrected chi connectivity index (χ1v) is 11.5. The van der Waals surface area contributed by atoms with Crippen LogP contribution in [0.2, 0.25) is 0 Å². The van der Waals surface area contributed by atoms with Crippen LogP contribution in [0, 0.1) is 20.8 Å². The average molecular weight is 542 g/mol. The Bertz CT molecular complexity index is 849. The van der Waals surface area contributed by atoms with Gasteiger partial charge in [0.05, 0.1) is 0 Å². The summed E-state index contributed by atoms with van der Waals surface area (Å²) in [5.41, 5.74) is 3.97. The highest BCUT2D eigenvalue weighted by molar-refractivity contribution is 6.35. The van der Waals surface area contributed by atoms with Crippen molar-refractivity contribution in [1.29, 1.82) is 0 Å². The predicted molar refractivity (Wildman–Crippen MR) is 171 cm³/mol. The summed E-state index contributed by atoms with van der Waals surface area (Å²) in [7, 11) is 1.60. The molecule has 0 aliphatic rings. The lowest BCUT2D eigenvalue weighted by molar-refractivity contribution is -0.134. The van der Waals surface area contributed by atoms with Gasteiger partial charge in [-0.05, 0) is 34.6 Å². The molecule has 3 aromatic carbocycles. The van der Waals surface area contributed by atoms with Crippen LogP contribution in [-0.2, 0) is 19.2 Å². The minimum absolute atomic E-state index is 0. The highest BCUT2D eigenvalue weighted by Crippen LogP contribution is 1.93. The van der Waals surface area contributed by atoms with Crippen molar-refractivity contribution in [3.8, 4) is 0 Å². The average Bonchev–Trinajstić information content (AvgIpc) is 2.82. The summed E-state index contributed by atoms with van der Waals surface area (Å²) in [5.74, 6) is -0.588. The Morgan fingerprint density at radius 1 is 0.462 bits per heavy atom. The summed E-state index contributed by atoms with van der Waals surface area (Å²) < 4.78 is 0. The largest absolute Gasteiger partial charge is 0.359 e. The van der Waals surface area contributed by atoms with Crippen LogP contribution < -0.4 is 5.32 Å². The zero-order chi connectivity index (χ0) is 28.4. The number of ketones is 3. The van der Waals surface area contributed by atoms with Crippen molar-refractivity contribution in [1.82, 2.24) is 5.32 Å². The third kappa shape index (κ3) is 51.6. The van der Waals surface area contributed by atoms with Gasteiger partial charge in [0.1, 0.15) is 5.78 Å². The van der Waals surface area contributed by atoms with E-state index in [0.717, 1.165) is 0 Å². The van der Waals surface area contributed by atoms with Gasteiger partial charge >= 0.3 is 0 Å². The topological polar surface area (TPSA) is 80.3 Å². The summed E-state index contributed by atoms with van der Waals surface area (Å²) in [4.78, 5) is 38.7. The van der Waals surface area contributed by atoms with Crippen molar-refractivity contribution in [3.63, 3.8) is 0 Å². The zero-order valence-electron chi connectivity index (χ0n) is 23.3. The Morgan fingerprint density at radius 2 is 0.615 bits per heavy atom. The Hall–Kier alpha value is -3.86. The van der Waals surface area contributed by atoms with Gasteiger partial charge in [0.15, 0.2) is 11.6 Å². The molecular weight excluding hydrogens is 486 g/mol. The SMILES string of the molecule is C.C.C.CC(=O)C(C)=O.CC(C)=O.CNC(C)=O.Cc1ccccc1.Cc1ccccc1.Cc1ccccc1. The number of amides is 1. The van der Waals surface area contributed by atoms with Gasteiger partial charge in [-0.1, -0.05) is 130 Å². The van der Waals surface area contributed by atoms with E-state index in [-0.39, 0.29) is 45.5 Å². The second kappa shape index (κ2) is 34.1. The fraction of sp³-hybridized carbons (Fsp3) is 0.353. The molecule has 0 atom stereocenters. The Morgan fingerprint density at radius 3 is 0.667 bits per heavy atom. The first kappa shape index (κ1) is 48.2. The molecule has 3 rings (SSSR count). The molecule has 0 saturated heterocycles. The van der Waals surface area contributed by atoms with E-state index in [1.54, 1.807) is 7.05 Å². The molecule has 0 spiro atoms. The normalized spacial score (nSPS) is 7.41. The molecule has 1 N–H and O–H groups in total. The summed E-state index contributed by atoms with van der Waals surface area (Å²) >= 11 is 0. The Labute approximate surface area is 240 Å². The van der Waals surface area contributed by atoms with Crippen molar-refractivity contribution in [2.24, 2.45) is 0 Å². The van der Waals surface area contributed by atoms with E-state index >= 15 is 0 Å². The highest BCUT2D eigenvalue weighted by atomic mass is 16.2. The van der Waals surface area contributed by atoms with Crippen molar-refractivity contribution in [2.75, 3.05) is 7.05 Å². The molecule has 0 bridgehead atoms. The maximum atomic E-state index is 9.79. The second-order valence-electron chi connectivity index (χ2n) is 7.79. The van der Waals surface area contributed by atoms with E-state index in [9.17, 15) is 19.2 Å². The standard InChI is InChI=1S/3C7H8.C4H6O2.C3H7NO.C3H6O.3CH4/c3*1-7-5-3-2-4-6-7;1-3(5)4(2)6;1-3(5)4-2;1-3(2)4;;;/h3*2-6H,1H3;1-2H3;1-2H3,(H,4,5);1-2H3;3*1H4. The van der Waals surface area contributed by atoms with Crippen LogP contribution in [0.25, 0.3) is 0 Å². The molecule has 0 radical (unpaired) electrons. The molecule has 1 amide bonds. The number of Topliss-reactive ketones (excluding diaryl/α,β-unsaturated/α-hetero) is 3. The lowest BCUT2D eigenvalue weighted by atomic mass is 10.2. The van der Waals surface area contributed by atoms with Gasteiger partial charge in [-0.15, -0.1) is 0 Å². The van der Waals surface area contributed by atoms with E-state index in [2.05, 4.69) is 62.5 Å². The van der Waals surface area contributed by atoms with Gasteiger partial charge in [0.2, 0.25) is 5.91 Å². The molecule has 0 unspecified atom stereocenters. The quantitative estimate of drug-likeness (QED) is 0.314. The molecule has 220 valence electrons. The van der Waals surface area contributed by atoms with Crippen LogP contribution in [0.3, 0.4) is 0 Å². The van der Waals surface area contributed by atoms with E-state index < -0.39 is 0 Å². The first-order valence-electron chi connectivity index (χ1n) is 11.5. The highest BCUT2D eigenvalue weighted by Gasteiger charge is 1.94. The van der Waals surface area contributed by atoms with Crippen LogP contribution in [0.5, 0.6) is 0 Å². The zero-order valence-corrected chi connectivity index (χ0v) is 23.3. The molecule has 3 aromatic rings. The lowest BCUT2D eigenvalue weighted by Gasteiger charge is -1.82. The molecule has 0 aromatic heterocycles. The number of nitrogens with one attached hydrogen (secondary N) is 1. The molecule has 0 saturated carbocycles. The van der Waals surface area contributed by atoms with Gasteiger partial charge in [0, 0.05) is 27.8 Å². The molecule has 0 fully saturated rings. The maximum Gasteiger partial charge on any atom is 0.216 e. The molecule has 0 aliphatic carbocycles. The molecule has 5 heteroatoms. The summed E-state index contributed by atoms with van der Waals surface area (Å²) in [6.07, 6.45) is 0. The minimum atomic E-state index is -0.380. The smallest absolute Gasteiger partial charge is 0.216 e. The number of hydrogen-bond acceptors (Lipinski definition) is 4. The summed E-state index contributed by atoms with van der Waals surface area (Å²) in [6, 6.07) is 30.8. The van der Waals surface area contributed by atoms with Crippen LogP contribution >= 0.6 is 0 Å². The number of rotatable bonds is 1. The molecular formula is C34H55NO4. The van der Waals surface area contributed by atoms with Crippen molar-refractivity contribution in [3.05, 3.63) is 108 Å². The van der Waals surface area contributed by atoms with Crippen LogP contribution in [0.4, 0.5) is 0 Å². The minimum Gasteiger partial charge on any atom is -0.359 e. The molecule has 39 heavy (non-hydrogen) atoms. The van der Waals surface area contributed by atoms with E-state index in [0.29, 0.717) is 0 Å². The van der Waals surface area contributed by atoms with Crippen molar-refractivity contribution in [2.45, 2.75) is 77.7 Å². The fourth-order valence-electron chi connectivity index (χ4n) is 1.60. The lowest BCUT2D eigenvalue weighted by Crippen LogP contribution is -2.11. The number of carbonyl (C=O) groups excluding carboxylic acids is 4. The summed E-state index contributed by atoms with van der Waals surface area (Å²) in [5, 5.41) is 2.39.